The van der Waals surface area contributed by atoms with Gasteiger partial charge in [0.1, 0.15) is 11.7 Å². The van der Waals surface area contributed by atoms with E-state index in [9.17, 15) is 9.59 Å². The van der Waals surface area contributed by atoms with E-state index in [0.717, 1.165) is 5.56 Å². The van der Waals surface area contributed by atoms with E-state index in [-0.39, 0.29) is 17.6 Å². The van der Waals surface area contributed by atoms with Crippen LogP contribution in [0, 0.1) is 6.92 Å². The Balaban J connectivity index is 1.75. The molecule has 3 rings (SSSR count). The number of aryl methyl sites for hydroxylation is 1. The Morgan fingerprint density at radius 3 is 2.81 bits per heavy atom. The summed E-state index contributed by atoms with van der Waals surface area (Å²) >= 11 is 0. The Morgan fingerprint density at radius 1 is 1.38 bits per heavy atom. The van der Waals surface area contributed by atoms with E-state index < -0.39 is 6.04 Å². The van der Waals surface area contributed by atoms with E-state index in [1.807, 2.05) is 18.2 Å². The summed E-state index contributed by atoms with van der Waals surface area (Å²) in [4.78, 5) is 26.1. The summed E-state index contributed by atoms with van der Waals surface area (Å²) < 4.78 is 4.53. The summed E-state index contributed by atoms with van der Waals surface area (Å²) in [6, 6.07) is 6.75. The molecule has 1 aliphatic heterocycles. The number of aromatic nitrogens is 2. The number of benzene rings is 1. The van der Waals surface area contributed by atoms with Crippen LogP contribution in [-0.4, -0.2) is 33.1 Å². The van der Waals surface area contributed by atoms with Gasteiger partial charge in [-0.3, -0.25) is 9.59 Å². The number of fused-ring (bicyclic) bond motifs is 1. The van der Waals surface area contributed by atoms with Crippen LogP contribution in [0.3, 0.4) is 0 Å². The van der Waals surface area contributed by atoms with E-state index in [1.54, 1.807) is 19.9 Å². The van der Waals surface area contributed by atoms with Crippen molar-refractivity contribution in [2.75, 3.05) is 5.32 Å². The number of nitrogens with zero attached hydrogens (tertiary/aromatic N) is 3. The monoisotopic (exact) mass is 286 g/mol. The van der Waals surface area contributed by atoms with Gasteiger partial charge in [0.25, 0.3) is 5.91 Å². The zero-order valence-electron chi connectivity index (χ0n) is 11.7. The second-order valence-corrected chi connectivity index (χ2v) is 4.95. The molecule has 0 fully saturated rings. The molecular weight excluding hydrogens is 272 g/mol. The zero-order chi connectivity index (χ0) is 15.0. The summed E-state index contributed by atoms with van der Waals surface area (Å²) in [6.07, 6.45) is 0. The molecule has 1 N–H and O–H groups in total. The number of carbonyl (C=O) groups excluding carboxylic acids is 2. The maximum absolute atomic E-state index is 12.3. The van der Waals surface area contributed by atoms with E-state index >= 15 is 0 Å². The Kier molecular flexibility index (Phi) is 3.17. The lowest BCUT2D eigenvalue weighted by Crippen LogP contribution is -2.42. The van der Waals surface area contributed by atoms with Gasteiger partial charge < -0.3 is 10.2 Å². The van der Waals surface area contributed by atoms with Crippen LogP contribution in [0.15, 0.2) is 28.9 Å². The minimum absolute atomic E-state index is 0.136. The molecule has 0 unspecified atom stereocenters. The smallest absolute Gasteiger partial charge is 0.255 e. The van der Waals surface area contributed by atoms with Crippen molar-refractivity contribution >= 4 is 17.6 Å². The van der Waals surface area contributed by atoms with Gasteiger partial charge in [-0.2, -0.15) is 0 Å². The zero-order valence-corrected chi connectivity index (χ0v) is 11.7. The highest BCUT2D eigenvalue weighted by molar-refractivity contribution is 6.03. The van der Waals surface area contributed by atoms with Crippen LogP contribution in [-0.2, 0) is 11.3 Å². The van der Waals surface area contributed by atoms with Crippen molar-refractivity contribution in [1.82, 2.24) is 15.2 Å². The largest absolute Gasteiger partial charge is 0.323 e. The number of amides is 2. The van der Waals surface area contributed by atoms with Gasteiger partial charge in [0.05, 0.1) is 0 Å². The number of anilines is 1. The molecule has 2 aromatic rings. The molecule has 2 heterocycles. The Morgan fingerprint density at radius 2 is 2.14 bits per heavy atom. The van der Waals surface area contributed by atoms with Crippen molar-refractivity contribution in [1.29, 1.82) is 0 Å². The van der Waals surface area contributed by atoms with Crippen LogP contribution >= 0.6 is 0 Å². The average molecular weight is 286 g/mol. The highest BCUT2D eigenvalue weighted by Crippen LogP contribution is 2.24. The molecule has 7 nitrogen and oxygen atoms in total. The lowest BCUT2D eigenvalue weighted by atomic mass is 10.1. The molecule has 0 bridgehead atoms. The van der Waals surface area contributed by atoms with Gasteiger partial charge in [-0.1, -0.05) is 23.4 Å². The van der Waals surface area contributed by atoms with Crippen molar-refractivity contribution in [3.05, 3.63) is 41.1 Å². The fraction of sp³-hybridized carbons (Fsp3) is 0.286. The summed E-state index contributed by atoms with van der Waals surface area (Å²) in [5, 5.41) is 9.81. The van der Waals surface area contributed by atoms with Crippen molar-refractivity contribution in [3.63, 3.8) is 0 Å². The lowest BCUT2D eigenvalue weighted by Gasteiger charge is -2.22. The van der Waals surface area contributed by atoms with Crippen LogP contribution in [0.5, 0.6) is 0 Å². The number of rotatable bonds is 3. The van der Waals surface area contributed by atoms with Crippen LogP contribution in [0.25, 0.3) is 0 Å². The highest BCUT2D eigenvalue weighted by Gasteiger charge is 2.33. The first-order chi connectivity index (χ1) is 10.1. The van der Waals surface area contributed by atoms with Crippen molar-refractivity contribution in [2.24, 2.45) is 0 Å². The maximum atomic E-state index is 12.3. The average Bonchev–Trinajstić information content (AvgIpc) is 3.03. The summed E-state index contributed by atoms with van der Waals surface area (Å²) in [6.45, 7) is 3.79. The predicted octanol–water partition coefficient (Wildman–Crippen LogP) is 1.36. The third-order valence-corrected chi connectivity index (χ3v) is 3.59. The first-order valence-corrected chi connectivity index (χ1v) is 6.57. The maximum Gasteiger partial charge on any atom is 0.255 e. The second kappa shape index (κ2) is 5.01. The van der Waals surface area contributed by atoms with Crippen molar-refractivity contribution in [3.8, 4) is 0 Å². The standard InChI is InChI=1S/C14H14N4O3/c1-8-12(17-21-16-8)15-13(19)9(2)18-7-10-5-3-4-6-11(10)14(18)20/h3-6,9H,7H2,1-2H3,(H,15,17,19)/t9-/m1/s1. The minimum atomic E-state index is -0.610. The molecule has 2 amide bonds. The van der Waals surface area contributed by atoms with Gasteiger partial charge in [0.2, 0.25) is 5.91 Å². The van der Waals surface area contributed by atoms with Crippen molar-refractivity contribution < 1.29 is 14.2 Å². The van der Waals surface area contributed by atoms with E-state index in [2.05, 4.69) is 20.3 Å². The van der Waals surface area contributed by atoms with Gasteiger partial charge in [-0.25, -0.2) is 4.63 Å². The van der Waals surface area contributed by atoms with Gasteiger partial charge in [0.15, 0.2) is 5.82 Å². The van der Waals surface area contributed by atoms with Crippen LogP contribution in [0.2, 0.25) is 0 Å². The topological polar surface area (TPSA) is 88.3 Å². The number of hydrogen-bond acceptors (Lipinski definition) is 5. The highest BCUT2D eigenvalue weighted by atomic mass is 16.6. The van der Waals surface area contributed by atoms with E-state index in [0.29, 0.717) is 17.8 Å². The second-order valence-electron chi connectivity index (χ2n) is 4.95. The Labute approximate surface area is 120 Å². The first kappa shape index (κ1) is 13.3. The summed E-state index contributed by atoms with van der Waals surface area (Å²) in [5.41, 5.74) is 2.07. The summed E-state index contributed by atoms with van der Waals surface area (Å²) in [7, 11) is 0. The van der Waals surface area contributed by atoms with Crippen LogP contribution < -0.4 is 5.32 Å². The summed E-state index contributed by atoms with van der Waals surface area (Å²) in [5.74, 6) is -0.186. The molecule has 7 heteroatoms. The van der Waals surface area contributed by atoms with E-state index in [4.69, 9.17) is 0 Å². The molecule has 108 valence electrons. The molecule has 0 radical (unpaired) electrons. The SMILES string of the molecule is Cc1nonc1NC(=O)[C@@H](C)N1Cc2ccccc2C1=O. The number of hydrogen-bond donors (Lipinski definition) is 1. The van der Waals surface area contributed by atoms with Crippen molar-refractivity contribution in [2.45, 2.75) is 26.4 Å². The molecular formula is C14H14N4O3. The Bertz CT molecular complexity index is 710. The Hall–Kier alpha value is -2.70. The third-order valence-electron chi connectivity index (χ3n) is 3.59. The molecule has 1 atom stereocenters. The molecule has 0 saturated heterocycles. The fourth-order valence-electron chi connectivity index (χ4n) is 2.30. The lowest BCUT2D eigenvalue weighted by molar-refractivity contribution is -0.120. The predicted molar refractivity (Wildman–Crippen MR) is 73.4 cm³/mol. The van der Waals surface area contributed by atoms with E-state index in [1.165, 1.54) is 4.90 Å². The molecule has 21 heavy (non-hydrogen) atoms. The molecule has 0 spiro atoms. The molecule has 1 aromatic heterocycles. The number of nitrogens with one attached hydrogen (secondary N) is 1. The van der Waals surface area contributed by atoms with Gasteiger partial charge in [-0.15, -0.1) is 0 Å². The normalized spacial score (nSPS) is 15.0. The third kappa shape index (κ3) is 2.26. The van der Waals surface area contributed by atoms with Crippen LogP contribution in [0.1, 0.15) is 28.5 Å². The van der Waals surface area contributed by atoms with Gasteiger partial charge in [0, 0.05) is 12.1 Å². The quantitative estimate of drug-likeness (QED) is 0.920. The van der Waals surface area contributed by atoms with Gasteiger partial charge in [-0.05, 0) is 30.6 Å². The fourth-order valence-corrected chi connectivity index (χ4v) is 2.30. The minimum Gasteiger partial charge on any atom is -0.323 e. The number of carbonyl (C=O) groups is 2. The molecule has 1 aromatic carbocycles. The molecule has 0 saturated carbocycles. The van der Waals surface area contributed by atoms with Gasteiger partial charge >= 0.3 is 0 Å². The molecule has 1 aliphatic rings. The molecule has 0 aliphatic carbocycles. The first-order valence-electron chi connectivity index (χ1n) is 6.57. The van der Waals surface area contributed by atoms with Crippen LogP contribution in [0.4, 0.5) is 5.82 Å².